The van der Waals surface area contributed by atoms with Crippen LogP contribution in [0.2, 0.25) is 0 Å². The van der Waals surface area contributed by atoms with Crippen molar-refractivity contribution in [3.05, 3.63) is 53.2 Å². The maximum absolute atomic E-state index is 13.5. The molecule has 0 aliphatic heterocycles. The van der Waals surface area contributed by atoms with Gasteiger partial charge in [-0.3, -0.25) is 9.59 Å². The lowest BCUT2D eigenvalue weighted by Gasteiger charge is -2.24. The molecule has 1 saturated carbocycles. The Kier molecular flexibility index (Phi) is 5.01. The van der Waals surface area contributed by atoms with E-state index in [9.17, 15) is 9.59 Å². The second kappa shape index (κ2) is 7.62. The van der Waals surface area contributed by atoms with E-state index in [0.29, 0.717) is 28.3 Å². The van der Waals surface area contributed by atoms with Crippen molar-refractivity contribution in [2.45, 2.75) is 26.2 Å². The fraction of sp³-hybridized carbons (Fsp3) is 0.304. The third-order valence-corrected chi connectivity index (χ3v) is 5.61. The Morgan fingerprint density at radius 1 is 1.03 bits per heavy atom. The summed E-state index contributed by atoms with van der Waals surface area (Å²) in [6.45, 7) is 1.86. The molecule has 150 valence electrons. The molecule has 0 unspecified atom stereocenters. The maximum Gasteiger partial charge on any atom is 0.227 e. The van der Waals surface area contributed by atoms with E-state index < -0.39 is 0 Å². The van der Waals surface area contributed by atoms with Gasteiger partial charge in [-0.05, 0) is 50.1 Å². The van der Waals surface area contributed by atoms with E-state index in [2.05, 4.69) is 10.3 Å². The van der Waals surface area contributed by atoms with Crippen LogP contribution in [0, 0.1) is 12.8 Å². The third kappa shape index (κ3) is 3.35. The number of nitrogens with one attached hydrogen (secondary N) is 2. The number of ether oxygens (including phenoxy) is 2. The summed E-state index contributed by atoms with van der Waals surface area (Å²) in [6.07, 6.45) is 2.98. The van der Waals surface area contributed by atoms with Crippen LogP contribution in [-0.4, -0.2) is 30.9 Å². The van der Waals surface area contributed by atoms with Crippen molar-refractivity contribution in [1.82, 2.24) is 4.98 Å². The van der Waals surface area contributed by atoms with E-state index in [4.69, 9.17) is 9.47 Å². The van der Waals surface area contributed by atoms with Crippen molar-refractivity contribution in [3.8, 4) is 11.5 Å². The Morgan fingerprint density at radius 2 is 1.72 bits per heavy atom. The lowest BCUT2D eigenvalue weighted by atomic mass is 9.85. The lowest BCUT2D eigenvalue weighted by Crippen LogP contribution is -2.27. The first kappa shape index (κ1) is 19.1. The molecular weight excluding hydrogens is 368 g/mol. The Hall–Kier alpha value is -3.28. The van der Waals surface area contributed by atoms with Crippen LogP contribution in [0.25, 0.3) is 10.9 Å². The number of fused-ring (bicyclic) bond motifs is 1. The average molecular weight is 392 g/mol. The van der Waals surface area contributed by atoms with Crippen molar-refractivity contribution < 1.29 is 19.1 Å². The van der Waals surface area contributed by atoms with Gasteiger partial charge in [0, 0.05) is 28.2 Å². The molecule has 1 aliphatic carbocycles. The highest BCUT2D eigenvalue weighted by Gasteiger charge is 2.27. The molecule has 29 heavy (non-hydrogen) atoms. The first-order chi connectivity index (χ1) is 14.0. The summed E-state index contributed by atoms with van der Waals surface area (Å²) in [5, 5.41) is 3.74. The summed E-state index contributed by atoms with van der Waals surface area (Å²) in [4.78, 5) is 29.1. The quantitative estimate of drug-likeness (QED) is 0.607. The zero-order valence-corrected chi connectivity index (χ0v) is 16.8. The molecule has 4 rings (SSSR count). The van der Waals surface area contributed by atoms with Gasteiger partial charge < -0.3 is 19.8 Å². The zero-order valence-electron chi connectivity index (χ0n) is 16.8. The highest BCUT2D eigenvalue weighted by atomic mass is 16.5. The Morgan fingerprint density at radius 3 is 2.31 bits per heavy atom. The molecule has 6 nitrogen and oxygen atoms in total. The molecule has 0 saturated heterocycles. The number of carbonyl (C=O) groups excluding carboxylic acids is 2. The van der Waals surface area contributed by atoms with Gasteiger partial charge in [0.05, 0.1) is 19.8 Å². The van der Waals surface area contributed by atoms with E-state index in [-0.39, 0.29) is 17.6 Å². The van der Waals surface area contributed by atoms with Crippen LogP contribution in [0.1, 0.15) is 40.9 Å². The van der Waals surface area contributed by atoms with Crippen molar-refractivity contribution in [2.75, 3.05) is 19.5 Å². The highest BCUT2D eigenvalue weighted by Crippen LogP contribution is 2.35. The molecule has 0 spiro atoms. The van der Waals surface area contributed by atoms with E-state index in [0.717, 1.165) is 35.9 Å². The fourth-order valence-electron chi connectivity index (χ4n) is 3.81. The molecule has 1 aromatic heterocycles. The second-order valence-corrected chi connectivity index (χ2v) is 7.37. The van der Waals surface area contributed by atoms with Gasteiger partial charge in [0.25, 0.3) is 0 Å². The summed E-state index contributed by atoms with van der Waals surface area (Å²) >= 11 is 0. The lowest BCUT2D eigenvalue weighted by molar-refractivity contribution is -0.122. The number of H-pyrrole nitrogens is 1. The van der Waals surface area contributed by atoms with Crippen molar-refractivity contribution >= 4 is 28.3 Å². The molecule has 0 bridgehead atoms. The van der Waals surface area contributed by atoms with E-state index in [1.54, 1.807) is 18.2 Å². The van der Waals surface area contributed by atoms with Gasteiger partial charge in [0.1, 0.15) is 17.1 Å². The predicted octanol–water partition coefficient (Wildman–Crippen LogP) is 4.46. The number of ketones is 1. The van der Waals surface area contributed by atoms with Gasteiger partial charge in [-0.25, -0.2) is 0 Å². The average Bonchev–Trinajstić information content (AvgIpc) is 3.00. The van der Waals surface area contributed by atoms with Gasteiger partial charge in [-0.2, -0.15) is 0 Å². The minimum Gasteiger partial charge on any atom is -0.496 e. The molecule has 0 atom stereocenters. The van der Waals surface area contributed by atoms with Crippen LogP contribution in [0.5, 0.6) is 11.5 Å². The van der Waals surface area contributed by atoms with Crippen molar-refractivity contribution in [1.29, 1.82) is 0 Å². The van der Waals surface area contributed by atoms with Gasteiger partial charge >= 0.3 is 0 Å². The number of methoxy groups -OCH3 is 2. The minimum atomic E-state index is -0.189. The SMILES string of the molecule is COc1cccc(OC)c1C(=O)c1c(C)[nH]c2ccc(NC(=O)C3CCC3)cc12. The topological polar surface area (TPSA) is 80.4 Å². The van der Waals surface area contributed by atoms with Crippen LogP contribution < -0.4 is 14.8 Å². The van der Waals surface area contributed by atoms with Gasteiger partial charge in [0.2, 0.25) is 11.7 Å². The number of amides is 1. The summed E-state index contributed by atoms with van der Waals surface area (Å²) in [6, 6.07) is 10.9. The number of carbonyl (C=O) groups is 2. The summed E-state index contributed by atoms with van der Waals surface area (Å²) in [7, 11) is 3.06. The smallest absolute Gasteiger partial charge is 0.227 e. The number of hydrogen-bond acceptors (Lipinski definition) is 4. The molecule has 1 amide bonds. The highest BCUT2D eigenvalue weighted by molar-refractivity contribution is 6.20. The number of hydrogen-bond donors (Lipinski definition) is 2. The monoisotopic (exact) mass is 392 g/mol. The molecule has 1 aliphatic rings. The first-order valence-electron chi connectivity index (χ1n) is 9.72. The molecule has 1 fully saturated rings. The number of anilines is 1. The molecule has 2 aromatic carbocycles. The largest absolute Gasteiger partial charge is 0.496 e. The van der Waals surface area contributed by atoms with E-state index in [1.165, 1.54) is 14.2 Å². The second-order valence-electron chi connectivity index (χ2n) is 7.37. The van der Waals surface area contributed by atoms with Gasteiger partial charge in [0.15, 0.2) is 0 Å². The predicted molar refractivity (Wildman–Crippen MR) is 112 cm³/mol. The molecular formula is C23H24N2O4. The van der Waals surface area contributed by atoms with Crippen LogP contribution in [0.15, 0.2) is 36.4 Å². The van der Waals surface area contributed by atoms with Crippen molar-refractivity contribution in [2.24, 2.45) is 5.92 Å². The number of aromatic amines is 1. The molecule has 1 heterocycles. The van der Waals surface area contributed by atoms with Crippen LogP contribution in [-0.2, 0) is 4.79 Å². The van der Waals surface area contributed by atoms with Gasteiger partial charge in [-0.1, -0.05) is 12.5 Å². The summed E-state index contributed by atoms with van der Waals surface area (Å²) in [5.74, 6) is 0.861. The Labute approximate surface area is 169 Å². The number of benzene rings is 2. The Bertz CT molecular complexity index is 1070. The fourth-order valence-corrected chi connectivity index (χ4v) is 3.81. The van der Waals surface area contributed by atoms with Crippen LogP contribution in [0.3, 0.4) is 0 Å². The normalized spacial score (nSPS) is 13.8. The molecule has 0 radical (unpaired) electrons. The molecule has 6 heteroatoms. The minimum absolute atomic E-state index is 0.0436. The summed E-state index contributed by atoms with van der Waals surface area (Å²) < 4.78 is 10.8. The first-order valence-corrected chi connectivity index (χ1v) is 9.72. The number of aromatic nitrogens is 1. The maximum atomic E-state index is 13.5. The Balaban J connectivity index is 1.77. The zero-order chi connectivity index (χ0) is 20.5. The molecule has 2 N–H and O–H groups in total. The van der Waals surface area contributed by atoms with Crippen LogP contribution in [0.4, 0.5) is 5.69 Å². The summed E-state index contributed by atoms with van der Waals surface area (Å²) in [5.41, 5.74) is 3.20. The third-order valence-electron chi connectivity index (χ3n) is 5.61. The van der Waals surface area contributed by atoms with Gasteiger partial charge in [-0.15, -0.1) is 0 Å². The number of aryl methyl sites for hydroxylation is 1. The standard InChI is InChI=1S/C23H24N2O4/c1-13-20(22(26)21-18(28-2)8-5-9-19(21)29-3)16-12-15(10-11-17(16)24-13)25-23(27)14-6-4-7-14/h5,8-12,14,24H,4,6-7H2,1-3H3,(H,25,27). The molecule has 3 aromatic rings. The van der Waals surface area contributed by atoms with Crippen LogP contribution >= 0.6 is 0 Å². The van der Waals surface area contributed by atoms with E-state index in [1.807, 2.05) is 25.1 Å². The number of rotatable bonds is 6. The van der Waals surface area contributed by atoms with E-state index >= 15 is 0 Å². The van der Waals surface area contributed by atoms with Crippen molar-refractivity contribution in [3.63, 3.8) is 0 Å².